The predicted octanol–water partition coefficient (Wildman–Crippen LogP) is 1.42. The molecule has 2 aliphatic heterocycles. The highest BCUT2D eigenvalue weighted by atomic mass is 15.3. The van der Waals surface area contributed by atoms with Crippen molar-refractivity contribution in [2.24, 2.45) is 0 Å². The Bertz CT molecular complexity index is 438. The largest absolute Gasteiger partial charge is 0.341 e. The third-order valence-electron chi connectivity index (χ3n) is 4.15. The molecule has 98 valence electrons. The second kappa shape index (κ2) is 4.84. The van der Waals surface area contributed by atoms with E-state index >= 15 is 0 Å². The molecule has 0 aromatic carbocycles. The zero-order valence-corrected chi connectivity index (χ0v) is 11.4. The SMILES string of the molecule is Cc1nc(N2CCCC2)nc2c1CCN(C)CC2. The maximum atomic E-state index is 4.84. The van der Waals surface area contributed by atoms with Crippen molar-refractivity contribution in [1.82, 2.24) is 14.9 Å². The zero-order valence-electron chi connectivity index (χ0n) is 11.4. The van der Waals surface area contributed by atoms with Gasteiger partial charge >= 0.3 is 0 Å². The first-order valence-corrected chi connectivity index (χ1v) is 7.04. The van der Waals surface area contributed by atoms with Gasteiger partial charge in [0.1, 0.15) is 0 Å². The van der Waals surface area contributed by atoms with Gasteiger partial charge in [0.05, 0.1) is 5.69 Å². The maximum absolute atomic E-state index is 4.84. The summed E-state index contributed by atoms with van der Waals surface area (Å²) in [6.07, 6.45) is 4.72. The first-order valence-electron chi connectivity index (χ1n) is 7.04. The van der Waals surface area contributed by atoms with Gasteiger partial charge in [-0.1, -0.05) is 0 Å². The van der Waals surface area contributed by atoms with Crippen LogP contribution in [0.5, 0.6) is 0 Å². The highest BCUT2D eigenvalue weighted by Crippen LogP contribution is 2.22. The number of aromatic nitrogens is 2. The quantitative estimate of drug-likeness (QED) is 0.750. The summed E-state index contributed by atoms with van der Waals surface area (Å²) < 4.78 is 0. The van der Waals surface area contributed by atoms with E-state index in [1.165, 1.54) is 29.8 Å². The third kappa shape index (κ3) is 2.21. The van der Waals surface area contributed by atoms with Crippen molar-refractivity contribution < 1.29 is 0 Å². The normalized spacial score (nSPS) is 20.9. The minimum absolute atomic E-state index is 0.966. The summed E-state index contributed by atoms with van der Waals surface area (Å²) in [4.78, 5) is 14.3. The van der Waals surface area contributed by atoms with Crippen LogP contribution < -0.4 is 4.90 Å². The number of anilines is 1. The highest BCUT2D eigenvalue weighted by Gasteiger charge is 2.20. The molecule has 0 aliphatic carbocycles. The van der Waals surface area contributed by atoms with Gasteiger partial charge in [-0.05, 0) is 38.8 Å². The Kier molecular flexibility index (Phi) is 3.20. The number of aryl methyl sites for hydroxylation is 1. The van der Waals surface area contributed by atoms with E-state index in [0.717, 1.165) is 45.0 Å². The molecule has 18 heavy (non-hydrogen) atoms. The topological polar surface area (TPSA) is 32.3 Å². The second-order valence-corrected chi connectivity index (χ2v) is 5.53. The van der Waals surface area contributed by atoms with Crippen LogP contribution in [-0.4, -0.2) is 48.1 Å². The Labute approximate surface area is 109 Å². The number of nitrogens with zero attached hydrogens (tertiary/aromatic N) is 4. The molecule has 0 atom stereocenters. The Balaban J connectivity index is 1.93. The first-order chi connectivity index (χ1) is 8.74. The van der Waals surface area contributed by atoms with Crippen LogP contribution in [0.15, 0.2) is 0 Å². The van der Waals surface area contributed by atoms with Crippen molar-refractivity contribution in [2.45, 2.75) is 32.6 Å². The van der Waals surface area contributed by atoms with Gasteiger partial charge in [0.2, 0.25) is 5.95 Å². The molecule has 1 aromatic heterocycles. The van der Waals surface area contributed by atoms with E-state index in [1.807, 2.05) is 0 Å². The summed E-state index contributed by atoms with van der Waals surface area (Å²) in [5, 5.41) is 0. The van der Waals surface area contributed by atoms with Gasteiger partial charge in [-0.25, -0.2) is 9.97 Å². The molecule has 0 amide bonds. The molecular formula is C14H22N4. The predicted molar refractivity (Wildman–Crippen MR) is 73.1 cm³/mol. The van der Waals surface area contributed by atoms with Crippen molar-refractivity contribution in [1.29, 1.82) is 0 Å². The van der Waals surface area contributed by atoms with Gasteiger partial charge in [0.15, 0.2) is 0 Å². The summed E-state index contributed by atoms with van der Waals surface area (Å²) >= 11 is 0. The number of hydrogen-bond donors (Lipinski definition) is 0. The van der Waals surface area contributed by atoms with Gasteiger partial charge in [-0.15, -0.1) is 0 Å². The molecule has 4 nitrogen and oxygen atoms in total. The number of likely N-dealkylation sites (N-methyl/N-ethyl adjacent to an activating group) is 1. The van der Waals surface area contributed by atoms with Gasteiger partial charge in [-0.3, -0.25) is 0 Å². The summed E-state index contributed by atoms with van der Waals surface area (Å²) in [7, 11) is 2.19. The lowest BCUT2D eigenvalue weighted by atomic mass is 10.1. The molecule has 0 unspecified atom stereocenters. The summed E-state index contributed by atoms with van der Waals surface area (Å²) in [6.45, 7) is 6.63. The number of fused-ring (bicyclic) bond motifs is 1. The Hall–Kier alpha value is -1.16. The molecule has 2 aliphatic rings. The molecule has 0 N–H and O–H groups in total. The van der Waals surface area contributed by atoms with E-state index in [0.29, 0.717) is 0 Å². The van der Waals surface area contributed by atoms with Crippen LogP contribution in [0.25, 0.3) is 0 Å². The molecule has 3 heterocycles. The van der Waals surface area contributed by atoms with E-state index in [2.05, 4.69) is 23.8 Å². The van der Waals surface area contributed by atoms with Gasteiger partial charge in [0.25, 0.3) is 0 Å². The van der Waals surface area contributed by atoms with E-state index in [1.54, 1.807) is 0 Å². The number of rotatable bonds is 1. The Morgan fingerprint density at radius 1 is 0.944 bits per heavy atom. The minimum atomic E-state index is 0.966. The molecule has 1 fully saturated rings. The fourth-order valence-corrected chi connectivity index (χ4v) is 2.94. The van der Waals surface area contributed by atoms with Crippen LogP contribution in [0.4, 0.5) is 5.95 Å². The Morgan fingerprint density at radius 3 is 2.44 bits per heavy atom. The van der Waals surface area contributed by atoms with Crippen LogP contribution in [0.1, 0.15) is 29.8 Å². The second-order valence-electron chi connectivity index (χ2n) is 5.53. The van der Waals surface area contributed by atoms with Gasteiger partial charge in [0, 0.05) is 38.3 Å². The average molecular weight is 246 g/mol. The van der Waals surface area contributed by atoms with E-state index in [9.17, 15) is 0 Å². The first kappa shape index (κ1) is 11.9. The lowest BCUT2D eigenvalue weighted by Gasteiger charge is -2.18. The molecule has 3 rings (SSSR count). The molecule has 4 heteroatoms. The fraction of sp³-hybridized carbons (Fsp3) is 0.714. The summed E-state index contributed by atoms with van der Waals surface area (Å²) in [5.74, 6) is 0.966. The van der Waals surface area contributed by atoms with Crippen molar-refractivity contribution in [3.8, 4) is 0 Å². The molecular weight excluding hydrogens is 224 g/mol. The van der Waals surface area contributed by atoms with Crippen LogP contribution >= 0.6 is 0 Å². The number of hydrogen-bond acceptors (Lipinski definition) is 4. The minimum Gasteiger partial charge on any atom is -0.341 e. The summed E-state index contributed by atoms with van der Waals surface area (Å²) in [5.41, 5.74) is 3.87. The highest BCUT2D eigenvalue weighted by molar-refractivity contribution is 5.38. The van der Waals surface area contributed by atoms with Crippen LogP contribution in [0.2, 0.25) is 0 Å². The monoisotopic (exact) mass is 246 g/mol. The van der Waals surface area contributed by atoms with Crippen molar-refractivity contribution in [2.75, 3.05) is 38.1 Å². The fourth-order valence-electron chi connectivity index (χ4n) is 2.94. The van der Waals surface area contributed by atoms with Crippen LogP contribution in [-0.2, 0) is 12.8 Å². The average Bonchev–Trinajstić information content (AvgIpc) is 2.82. The van der Waals surface area contributed by atoms with Crippen LogP contribution in [0, 0.1) is 6.92 Å². The van der Waals surface area contributed by atoms with Crippen molar-refractivity contribution in [3.63, 3.8) is 0 Å². The van der Waals surface area contributed by atoms with E-state index in [4.69, 9.17) is 9.97 Å². The summed E-state index contributed by atoms with van der Waals surface area (Å²) in [6, 6.07) is 0. The van der Waals surface area contributed by atoms with E-state index < -0.39 is 0 Å². The third-order valence-corrected chi connectivity index (χ3v) is 4.15. The van der Waals surface area contributed by atoms with Crippen molar-refractivity contribution >= 4 is 5.95 Å². The molecule has 0 spiro atoms. The molecule has 0 bridgehead atoms. The maximum Gasteiger partial charge on any atom is 0.225 e. The molecule has 0 radical (unpaired) electrons. The van der Waals surface area contributed by atoms with Gasteiger partial charge in [-0.2, -0.15) is 0 Å². The lowest BCUT2D eigenvalue weighted by molar-refractivity contribution is 0.352. The molecule has 1 saturated heterocycles. The molecule has 1 aromatic rings. The Morgan fingerprint density at radius 2 is 1.67 bits per heavy atom. The molecule has 0 saturated carbocycles. The smallest absolute Gasteiger partial charge is 0.225 e. The zero-order chi connectivity index (χ0) is 12.5. The van der Waals surface area contributed by atoms with Gasteiger partial charge < -0.3 is 9.80 Å². The van der Waals surface area contributed by atoms with Crippen molar-refractivity contribution in [3.05, 3.63) is 17.0 Å². The standard InChI is InChI=1S/C14H22N4/c1-11-12-5-9-17(2)10-6-13(12)16-14(15-11)18-7-3-4-8-18/h3-10H2,1-2H3. The van der Waals surface area contributed by atoms with E-state index in [-0.39, 0.29) is 0 Å². The van der Waals surface area contributed by atoms with Crippen LogP contribution in [0.3, 0.4) is 0 Å². The lowest BCUT2D eigenvalue weighted by Crippen LogP contribution is -2.22.